The van der Waals surface area contributed by atoms with E-state index in [1.807, 2.05) is 61.5 Å². The molecule has 4 rings (SSSR count). The van der Waals surface area contributed by atoms with Gasteiger partial charge in [0.25, 0.3) is 5.91 Å². The minimum atomic E-state index is -0.196. The van der Waals surface area contributed by atoms with E-state index in [0.717, 1.165) is 16.8 Å². The molecular weight excluding hydrogens is 354 g/mol. The molecule has 0 radical (unpaired) electrons. The van der Waals surface area contributed by atoms with Crippen LogP contribution in [0.1, 0.15) is 29.0 Å². The summed E-state index contributed by atoms with van der Waals surface area (Å²) in [6.45, 7) is 1.97. The van der Waals surface area contributed by atoms with Crippen LogP contribution in [-0.4, -0.2) is 37.8 Å². The Morgan fingerprint density at radius 3 is 2.54 bits per heavy atom. The van der Waals surface area contributed by atoms with Crippen molar-refractivity contribution in [3.63, 3.8) is 0 Å². The Labute approximate surface area is 162 Å². The normalized spacial score (nSPS) is 11.9. The van der Waals surface area contributed by atoms with Gasteiger partial charge in [-0.3, -0.25) is 4.79 Å². The van der Waals surface area contributed by atoms with Gasteiger partial charge in [-0.05, 0) is 24.6 Å². The monoisotopic (exact) mass is 373 g/mol. The Balaban J connectivity index is 1.50. The summed E-state index contributed by atoms with van der Waals surface area (Å²) < 4.78 is 7.04. The van der Waals surface area contributed by atoms with Crippen LogP contribution in [-0.2, 0) is 0 Å². The van der Waals surface area contributed by atoms with E-state index in [2.05, 4.69) is 15.2 Å². The Morgan fingerprint density at radius 1 is 1.11 bits per heavy atom. The SMILES string of the molecule is CC(c1ccc(-n2cncn2)cc1)N(C)C(=O)c1cc(-c2ccccc2)on1. The van der Waals surface area contributed by atoms with Crippen LogP contribution in [0.15, 0.2) is 77.8 Å². The molecule has 0 aliphatic carbocycles. The highest BCUT2D eigenvalue weighted by Gasteiger charge is 2.22. The second kappa shape index (κ2) is 7.48. The maximum Gasteiger partial charge on any atom is 0.276 e. The van der Waals surface area contributed by atoms with Crippen molar-refractivity contribution in [1.82, 2.24) is 24.8 Å². The second-order valence-electron chi connectivity index (χ2n) is 6.47. The van der Waals surface area contributed by atoms with Gasteiger partial charge in [0.2, 0.25) is 0 Å². The second-order valence-corrected chi connectivity index (χ2v) is 6.47. The molecule has 0 saturated carbocycles. The van der Waals surface area contributed by atoms with Crippen LogP contribution in [0.3, 0.4) is 0 Å². The van der Waals surface area contributed by atoms with E-state index >= 15 is 0 Å². The van der Waals surface area contributed by atoms with Crippen LogP contribution in [0, 0.1) is 0 Å². The molecule has 0 bridgehead atoms. The Bertz CT molecular complexity index is 1060. The van der Waals surface area contributed by atoms with E-state index in [9.17, 15) is 4.79 Å². The van der Waals surface area contributed by atoms with Gasteiger partial charge < -0.3 is 9.42 Å². The molecule has 0 aliphatic rings. The quantitative estimate of drug-likeness (QED) is 0.532. The molecule has 0 saturated heterocycles. The first-order chi connectivity index (χ1) is 13.6. The van der Waals surface area contributed by atoms with E-state index in [4.69, 9.17) is 4.52 Å². The smallest absolute Gasteiger partial charge is 0.276 e. The summed E-state index contributed by atoms with van der Waals surface area (Å²) in [4.78, 5) is 18.4. The Hall–Kier alpha value is -3.74. The van der Waals surface area contributed by atoms with Crippen molar-refractivity contribution < 1.29 is 9.32 Å². The van der Waals surface area contributed by atoms with Gasteiger partial charge in [0.1, 0.15) is 12.7 Å². The molecule has 1 amide bonds. The van der Waals surface area contributed by atoms with Crippen molar-refractivity contribution >= 4 is 5.91 Å². The minimum Gasteiger partial charge on any atom is -0.355 e. The number of benzene rings is 2. The number of carbonyl (C=O) groups excluding carboxylic acids is 1. The fourth-order valence-corrected chi connectivity index (χ4v) is 2.94. The van der Waals surface area contributed by atoms with Gasteiger partial charge in [0.15, 0.2) is 11.5 Å². The number of carbonyl (C=O) groups is 1. The number of hydrogen-bond acceptors (Lipinski definition) is 5. The average Bonchev–Trinajstić information content (AvgIpc) is 3.45. The van der Waals surface area contributed by atoms with Crippen molar-refractivity contribution in [3.8, 4) is 17.0 Å². The van der Waals surface area contributed by atoms with Crippen LogP contribution in [0.5, 0.6) is 0 Å². The fraction of sp³-hybridized carbons (Fsp3) is 0.143. The average molecular weight is 373 g/mol. The maximum absolute atomic E-state index is 12.8. The zero-order valence-electron chi connectivity index (χ0n) is 15.6. The lowest BCUT2D eigenvalue weighted by atomic mass is 10.1. The number of rotatable bonds is 5. The topological polar surface area (TPSA) is 77.0 Å². The van der Waals surface area contributed by atoms with Crippen LogP contribution < -0.4 is 0 Å². The van der Waals surface area contributed by atoms with Crippen molar-refractivity contribution in [2.45, 2.75) is 13.0 Å². The summed E-state index contributed by atoms with van der Waals surface area (Å²) in [5.74, 6) is 0.376. The molecule has 4 aromatic rings. The van der Waals surface area contributed by atoms with Crippen LogP contribution in [0.25, 0.3) is 17.0 Å². The van der Waals surface area contributed by atoms with E-state index in [1.165, 1.54) is 6.33 Å². The van der Waals surface area contributed by atoms with Gasteiger partial charge >= 0.3 is 0 Å². The van der Waals surface area contributed by atoms with Crippen LogP contribution >= 0.6 is 0 Å². The number of amides is 1. The first kappa shape index (κ1) is 17.7. The largest absolute Gasteiger partial charge is 0.355 e. The van der Waals surface area contributed by atoms with E-state index < -0.39 is 0 Å². The first-order valence-corrected chi connectivity index (χ1v) is 8.88. The van der Waals surface area contributed by atoms with Crippen LogP contribution in [0.2, 0.25) is 0 Å². The van der Waals surface area contributed by atoms with Gasteiger partial charge in [-0.25, -0.2) is 9.67 Å². The number of hydrogen-bond donors (Lipinski definition) is 0. The highest BCUT2D eigenvalue weighted by Crippen LogP contribution is 2.24. The lowest BCUT2D eigenvalue weighted by Gasteiger charge is -2.24. The van der Waals surface area contributed by atoms with Gasteiger partial charge in [0.05, 0.1) is 11.7 Å². The van der Waals surface area contributed by atoms with Gasteiger partial charge in [-0.15, -0.1) is 0 Å². The van der Waals surface area contributed by atoms with E-state index in [0.29, 0.717) is 5.76 Å². The lowest BCUT2D eigenvalue weighted by molar-refractivity contribution is 0.0732. The van der Waals surface area contributed by atoms with Crippen molar-refractivity contribution in [2.75, 3.05) is 7.05 Å². The molecule has 7 nitrogen and oxygen atoms in total. The molecule has 28 heavy (non-hydrogen) atoms. The third-order valence-corrected chi connectivity index (χ3v) is 4.75. The predicted molar refractivity (Wildman–Crippen MR) is 104 cm³/mol. The van der Waals surface area contributed by atoms with Crippen molar-refractivity contribution in [3.05, 3.63) is 84.6 Å². The molecular formula is C21H19N5O2. The third-order valence-electron chi connectivity index (χ3n) is 4.75. The lowest BCUT2D eigenvalue weighted by Crippen LogP contribution is -2.29. The molecule has 1 unspecified atom stereocenters. The van der Waals surface area contributed by atoms with Gasteiger partial charge in [-0.1, -0.05) is 47.6 Å². The van der Waals surface area contributed by atoms with E-state index in [1.54, 1.807) is 29.0 Å². The molecule has 0 N–H and O–H groups in total. The highest BCUT2D eigenvalue weighted by molar-refractivity contribution is 5.93. The molecule has 140 valence electrons. The maximum atomic E-state index is 12.8. The van der Waals surface area contributed by atoms with Crippen molar-refractivity contribution in [2.24, 2.45) is 0 Å². The molecule has 2 heterocycles. The zero-order chi connectivity index (χ0) is 19.5. The number of nitrogens with zero attached hydrogens (tertiary/aromatic N) is 5. The standard InChI is InChI=1S/C21H19N5O2/c1-15(16-8-10-18(11-9-16)26-14-22-13-23-26)25(2)21(27)19-12-20(28-24-19)17-6-4-3-5-7-17/h3-15H,1-2H3. The fourth-order valence-electron chi connectivity index (χ4n) is 2.94. The Kier molecular flexibility index (Phi) is 4.72. The van der Waals surface area contributed by atoms with Gasteiger partial charge in [0, 0.05) is 18.7 Å². The summed E-state index contributed by atoms with van der Waals surface area (Å²) in [6, 6.07) is 19.0. The zero-order valence-corrected chi connectivity index (χ0v) is 15.6. The highest BCUT2D eigenvalue weighted by atomic mass is 16.5. The number of aromatic nitrogens is 4. The summed E-state index contributed by atoms with van der Waals surface area (Å²) in [6.07, 6.45) is 3.13. The predicted octanol–water partition coefficient (Wildman–Crippen LogP) is 3.76. The summed E-state index contributed by atoms with van der Waals surface area (Å²) in [5, 5.41) is 8.07. The van der Waals surface area contributed by atoms with Crippen LogP contribution in [0.4, 0.5) is 0 Å². The first-order valence-electron chi connectivity index (χ1n) is 8.88. The summed E-state index contributed by atoms with van der Waals surface area (Å²) >= 11 is 0. The molecule has 2 aromatic heterocycles. The minimum absolute atomic E-state index is 0.130. The molecule has 2 aromatic carbocycles. The molecule has 0 fully saturated rings. The van der Waals surface area contributed by atoms with E-state index in [-0.39, 0.29) is 17.6 Å². The molecule has 7 heteroatoms. The Morgan fingerprint density at radius 2 is 1.86 bits per heavy atom. The van der Waals surface area contributed by atoms with Crippen molar-refractivity contribution in [1.29, 1.82) is 0 Å². The van der Waals surface area contributed by atoms with Gasteiger partial charge in [-0.2, -0.15) is 5.10 Å². The molecule has 0 aliphatic heterocycles. The summed E-state index contributed by atoms with van der Waals surface area (Å²) in [7, 11) is 1.76. The molecule has 0 spiro atoms. The summed E-state index contributed by atoms with van der Waals surface area (Å²) in [5.41, 5.74) is 3.08. The third kappa shape index (κ3) is 3.42. The molecule has 1 atom stereocenters.